The second-order valence-corrected chi connectivity index (χ2v) is 4.66. The zero-order valence-corrected chi connectivity index (χ0v) is 7.97. The smallest absolute Gasteiger partial charge is 0.248 e. The average molecular weight is 187 g/mol. The Morgan fingerprint density at radius 1 is 1.75 bits per heavy atom. The minimum absolute atomic E-state index is 0.158. The molecule has 1 amide bonds. The number of nitrogens with zero attached hydrogens (tertiary/aromatic N) is 1. The Hall–Kier alpha value is -0.220. The predicted octanol–water partition coefficient (Wildman–Crippen LogP) is 0.349. The summed E-state index contributed by atoms with van der Waals surface area (Å²) in [4.78, 5) is 13.4. The van der Waals surface area contributed by atoms with E-state index >= 15 is 0 Å². The number of amides is 1. The minimum atomic E-state index is 0.158. The van der Waals surface area contributed by atoms with E-state index in [0.717, 1.165) is 12.3 Å². The predicted molar refractivity (Wildman–Crippen MR) is 48.2 cm³/mol. The van der Waals surface area contributed by atoms with Crippen LogP contribution in [-0.4, -0.2) is 48.1 Å². The van der Waals surface area contributed by atoms with Gasteiger partial charge >= 0.3 is 0 Å². The minimum Gasteiger partial charge on any atom is -0.375 e. The van der Waals surface area contributed by atoms with Crippen molar-refractivity contribution in [3.63, 3.8) is 0 Å². The highest BCUT2D eigenvalue weighted by atomic mass is 32.2. The Morgan fingerprint density at radius 3 is 3.08 bits per heavy atom. The van der Waals surface area contributed by atoms with E-state index in [0.29, 0.717) is 11.3 Å². The SMILES string of the molecule is COCC(=O)N1CC2CC1CS2. The van der Waals surface area contributed by atoms with E-state index in [1.54, 1.807) is 7.11 Å². The molecule has 12 heavy (non-hydrogen) atoms. The van der Waals surface area contributed by atoms with Gasteiger partial charge in [0, 0.05) is 30.7 Å². The number of rotatable bonds is 2. The molecule has 2 heterocycles. The quantitative estimate of drug-likeness (QED) is 0.624. The third-order valence-electron chi connectivity index (χ3n) is 2.49. The van der Waals surface area contributed by atoms with Crippen molar-refractivity contribution in [1.29, 1.82) is 0 Å². The molecule has 4 heteroatoms. The fraction of sp³-hybridized carbons (Fsp3) is 0.875. The van der Waals surface area contributed by atoms with Crippen LogP contribution >= 0.6 is 11.8 Å². The molecular weight excluding hydrogens is 174 g/mol. The van der Waals surface area contributed by atoms with E-state index in [4.69, 9.17) is 4.74 Å². The lowest BCUT2D eigenvalue weighted by atomic mass is 10.2. The van der Waals surface area contributed by atoms with Gasteiger partial charge in [0.15, 0.2) is 0 Å². The third kappa shape index (κ3) is 1.33. The highest BCUT2D eigenvalue weighted by Crippen LogP contribution is 2.37. The molecule has 0 radical (unpaired) electrons. The van der Waals surface area contributed by atoms with E-state index in [9.17, 15) is 4.79 Å². The maximum Gasteiger partial charge on any atom is 0.248 e. The molecule has 0 saturated carbocycles. The van der Waals surface area contributed by atoms with Crippen LogP contribution in [0.2, 0.25) is 0 Å². The van der Waals surface area contributed by atoms with Gasteiger partial charge in [-0.05, 0) is 6.42 Å². The molecule has 0 aliphatic carbocycles. The third-order valence-corrected chi connectivity index (χ3v) is 3.88. The average Bonchev–Trinajstić information content (AvgIpc) is 2.64. The molecule has 0 spiro atoms. The Labute approximate surface area is 76.4 Å². The van der Waals surface area contributed by atoms with Gasteiger partial charge in [-0.1, -0.05) is 0 Å². The van der Waals surface area contributed by atoms with Crippen LogP contribution in [0.5, 0.6) is 0 Å². The van der Waals surface area contributed by atoms with Crippen molar-refractivity contribution in [3.05, 3.63) is 0 Å². The Morgan fingerprint density at radius 2 is 2.58 bits per heavy atom. The van der Waals surface area contributed by atoms with Gasteiger partial charge in [-0.3, -0.25) is 4.79 Å². The fourth-order valence-corrected chi connectivity index (χ4v) is 3.35. The van der Waals surface area contributed by atoms with Crippen LogP contribution in [0.25, 0.3) is 0 Å². The highest BCUT2D eigenvalue weighted by Gasteiger charge is 2.40. The first-order chi connectivity index (χ1) is 5.81. The van der Waals surface area contributed by atoms with Gasteiger partial charge in [0.05, 0.1) is 0 Å². The second-order valence-electron chi connectivity index (χ2n) is 3.32. The zero-order chi connectivity index (χ0) is 8.55. The lowest BCUT2D eigenvalue weighted by Gasteiger charge is -2.26. The van der Waals surface area contributed by atoms with Crippen molar-refractivity contribution in [2.75, 3.05) is 26.0 Å². The van der Waals surface area contributed by atoms with Crippen molar-refractivity contribution < 1.29 is 9.53 Å². The summed E-state index contributed by atoms with van der Waals surface area (Å²) in [7, 11) is 1.57. The topological polar surface area (TPSA) is 29.5 Å². The first kappa shape index (κ1) is 8.38. The lowest BCUT2D eigenvalue weighted by Crippen LogP contribution is -2.41. The molecule has 2 saturated heterocycles. The van der Waals surface area contributed by atoms with E-state index in [1.807, 2.05) is 16.7 Å². The first-order valence-electron chi connectivity index (χ1n) is 4.21. The number of carbonyl (C=O) groups excluding carboxylic acids is 1. The van der Waals surface area contributed by atoms with E-state index < -0.39 is 0 Å². The molecule has 2 bridgehead atoms. The van der Waals surface area contributed by atoms with Crippen LogP contribution in [0.3, 0.4) is 0 Å². The number of methoxy groups -OCH3 is 1. The number of carbonyl (C=O) groups is 1. The van der Waals surface area contributed by atoms with Gasteiger partial charge < -0.3 is 9.64 Å². The summed E-state index contributed by atoms with van der Waals surface area (Å²) in [5, 5.41) is 0.704. The van der Waals surface area contributed by atoms with Crippen molar-refractivity contribution in [2.24, 2.45) is 0 Å². The van der Waals surface area contributed by atoms with Crippen LogP contribution in [0, 0.1) is 0 Å². The van der Waals surface area contributed by atoms with Crippen molar-refractivity contribution >= 4 is 17.7 Å². The molecule has 2 aliphatic heterocycles. The van der Waals surface area contributed by atoms with Crippen LogP contribution < -0.4 is 0 Å². The van der Waals surface area contributed by atoms with Gasteiger partial charge in [0.25, 0.3) is 0 Å². The maximum absolute atomic E-state index is 11.4. The van der Waals surface area contributed by atoms with Crippen LogP contribution in [0.1, 0.15) is 6.42 Å². The van der Waals surface area contributed by atoms with E-state index in [1.165, 1.54) is 6.42 Å². The van der Waals surface area contributed by atoms with E-state index in [-0.39, 0.29) is 12.5 Å². The lowest BCUT2D eigenvalue weighted by molar-refractivity contribution is -0.135. The molecule has 68 valence electrons. The molecule has 2 unspecified atom stereocenters. The molecule has 0 aromatic carbocycles. The molecule has 2 atom stereocenters. The summed E-state index contributed by atoms with van der Waals surface area (Å²) in [6, 6.07) is 0.502. The number of hydrogen-bond acceptors (Lipinski definition) is 3. The molecule has 3 nitrogen and oxygen atoms in total. The number of thioether (sulfide) groups is 1. The summed E-state index contributed by atoms with van der Waals surface area (Å²) in [6.45, 7) is 1.19. The monoisotopic (exact) mass is 187 g/mol. The zero-order valence-electron chi connectivity index (χ0n) is 7.16. The molecule has 2 fully saturated rings. The van der Waals surface area contributed by atoms with Gasteiger partial charge in [0.1, 0.15) is 6.61 Å². The summed E-state index contributed by atoms with van der Waals surface area (Å²) in [5.74, 6) is 1.28. The standard InChI is InChI=1S/C8H13NO2S/c1-11-4-8(10)9-3-7-2-6(9)5-12-7/h6-7H,2-5H2,1H3. The largest absolute Gasteiger partial charge is 0.375 e. The van der Waals surface area contributed by atoms with Gasteiger partial charge in [0.2, 0.25) is 5.91 Å². The number of likely N-dealkylation sites (tertiary alicyclic amines) is 1. The van der Waals surface area contributed by atoms with E-state index in [2.05, 4.69) is 0 Å². The molecule has 2 rings (SSSR count). The molecule has 0 N–H and O–H groups in total. The number of fused-ring (bicyclic) bond motifs is 2. The summed E-state index contributed by atoms with van der Waals surface area (Å²) < 4.78 is 4.83. The summed E-state index contributed by atoms with van der Waals surface area (Å²) in [6.07, 6.45) is 1.19. The summed E-state index contributed by atoms with van der Waals surface area (Å²) in [5.41, 5.74) is 0. The van der Waals surface area contributed by atoms with Crippen molar-refractivity contribution in [3.8, 4) is 0 Å². The van der Waals surface area contributed by atoms with Crippen molar-refractivity contribution in [1.82, 2.24) is 4.90 Å². The fourth-order valence-electron chi connectivity index (χ4n) is 1.91. The normalized spacial score (nSPS) is 32.9. The van der Waals surface area contributed by atoms with Crippen LogP contribution in [0.4, 0.5) is 0 Å². The first-order valence-corrected chi connectivity index (χ1v) is 5.26. The molecule has 0 aromatic rings. The van der Waals surface area contributed by atoms with Gasteiger partial charge in [-0.15, -0.1) is 0 Å². The van der Waals surface area contributed by atoms with Gasteiger partial charge in [-0.25, -0.2) is 0 Å². The Kier molecular flexibility index (Phi) is 2.28. The van der Waals surface area contributed by atoms with Crippen molar-refractivity contribution in [2.45, 2.75) is 17.7 Å². The van der Waals surface area contributed by atoms with Crippen LogP contribution in [-0.2, 0) is 9.53 Å². The number of ether oxygens (including phenoxy) is 1. The highest BCUT2D eigenvalue weighted by molar-refractivity contribution is 8.00. The Balaban J connectivity index is 1.93. The second kappa shape index (κ2) is 3.26. The molecule has 2 aliphatic rings. The maximum atomic E-state index is 11.4. The summed E-state index contributed by atoms with van der Waals surface area (Å²) >= 11 is 2.00. The molecule has 0 aromatic heterocycles. The number of hydrogen-bond donors (Lipinski definition) is 0. The molecular formula is C8H13NO2S. The van der Waals surface area contributed by atoms with Gasteiger partial charge in [-0.2, -0.15) is 11.8 Å². The Bertz CT molecular complexity index is 197. The van der Waals surface area contributed by atoms with Crippen LogP contribution in [0.15, 0.2) is 0 Å².